The summed E-state index contributed by atoms with van der Waals surface area (Å²) in [5.74, 6) is 1.15. The van der Waals surface area contributed by atoms with Crippen molar-refractivity contribution in [1.29, 1.82) is 0 Å². The van der Waals surface area contributed by atoms with Crippen molar-refractivity contribution in [2.24, 2.45) is 16.7 Å². The second-order valence-electron chi connectivity index (χ2n) is 10.1. The van der Waals surface area contributed by atoms with Crippen molar-refractivity contribution in [1.82, 2.24) is 10.6 Å². The standard InChI is InChI=1S/C23H30N2O2S/c1-27-17-5-8-22(9-6-17)11-15-3-2-14(4-7-21-12-16(21)13-21)10-18(15)23(22)19(26)24-20(28)25-23/h2-3,10,16-17,20,25,28H,4-9,11-13H2,1H3,(H,24,26). The number of carbonyl (C=O) groups excluding carboxylic acids is 1. The number of amides is 1. The first-order valence-electron chi connectivity index (χ1n) is 10.9. The molecule has 1 aromatic rings. The number of methoxy groups -OCH3 is 1. The lowest BCUT2D eigenvalue weighted by molar-refractivity contribution is -0.131. The molecular formula is C23H30N2O2S. The van der Waals surface area contributed by atoms with Gasteiger partial charge in [0.05, 0.1) is 6.10 Å². The number of rotatable bonds is 4. The molecule has 150 valence electrons. The van der Waals surface area contributed by atoms with Crippen molar-refractivity contribution in [3.63, 3.8) is 0 Å². The fraction of sp³-hybridized carbons (Fsp3) is 0.696. The van der Waals surface area contributed by atoms with Gasteiger partial charge in [0.25, 0.3) is 0 Å². The van der Waals surface area contributed by atoms with Gasteiger partial charge in [-0.15, -0.1) is 12.6 Å². The van der Waals surface area contributed by atoms with Crippen LogP contribution in [0.2, 0.25) is 0 Å². The molecule has 0 radical (unpaired) electrons. The molecular weight excluding hydrogens is 368 g/mol. The summed E-state index contributed by atoms with van der Waals surface area (Å²) in [6.07, 6.45) is 10.7. The molecule has 1 aromatic carbocycles. The van der Waals surface area contributed by atoms with Gasteiger partial charge < -0.3 is 10.1 Å². The normalized spacial score (nSPS) is 45.2. The Labute approximate surface area is 172 Å². The van der Waals surface area contributed by atoms with Crippen LogP contribution in [0.5, 0.6) is 0 Å². The molecule has 6 rings (SSSR count). The van der Waals surface area contributed by atoms with Crippen molar-refractivity contribution in [2.45, 2.75) is 74.9 Å². The van der Waals surface area contributed by atoms with Crippen LogP contribution in [0, 0.1) is 16.7 Å². The van der Waals surface area contributed by atoms with Crippen molar-refractivity contribution in [3.05, 3.63) is 34.9 Å². The Morgan fingerprint density at radius 3 is 2.61 bits per heavy atom. The number of aryl methyl sites for hydroxylation is 1. The van der Waals surface area contributed by atoms with Gasteiger partial charge in [0, 0.05) is 12.5 Å². The highest BCUT2D eigenvalue weighted by molar-refractivity contribution is 7.80. The van der Waals surface area contributed by atoms with E-state index in [0.29, 0.717) is 6.10 Å². The summed E-state index contributed by atoms with van der Waals surface area (Å²) in [5, 5.41) is 6.67. The summed E-state index contributed by atoms with van der Waals surface area (Å²) in [7, 11) is 1.81. The average molecular weight is 399 g/mol. The van der Waals surface area contributed by atoms with Gasteiger partial charge in [-0.25, -0.2) is 0 Å². The lowest BCUT2D eigenvalue weighted by Gasteiger charge is -2.46. The Balaban J connectivity index is 1.37. The monoisotopic (exact) mass is 398 g/mol. The van der Waals surface area contributed by atoms with Crippen LogP contribution >= 0.6 is 12.6 Å². The number of benzene rings is 1. The summed E-state index contributed by atoms with van der Waals surface area (Å²) >= 11 is 4.58. The van der Waals surface area contributed by atoms with Crippen LogP contribution in [0.25, 0.3) is 0 Å². The summed E-state index contributed by atoms with van der Waals surface area (Å²) in [4.78, 5) is 13.4. The number of ether oxygens (including phenoxy) is 1. The molecule has 4 nitrogen and oxygen atoms in total. The molecule has 0 aromatic heterocycles. The molecule has 2 unspecified atom stereocenters. The van der Waals surface area contributed by atoms with E-state index in [1.54, 1.807) is 0 Å². The third-order valence-electron chi connectivity index (χ3n) is 8.85. The smallest absolute Gasteiger partial charge is 0.247 e. The Morgan fingerprint density at radius 1 is 1.25 bits per heavy atom. The highest BCUT2D eigenvalue weighted by Gasteiger charge is 2.68. The number of hydrogen-bond donors (Lipinski definition) is 3. The fourth-order valence-electron chi connectivity index (χ4n) is 6.74. The summed E-state index contributed by atoms with van der Waals surface area (Å²) in [6, 6.07) is 6.97. The van der Waals surface area contributed by atoms with E-state index in [0.717, 1.165) is 49.9 Å². The van der Waals surface area contributed by atoms with Crippen LogP contribution in [-0.4, -0.2) is 24.6 Å². The maximum absolute atomic E-state index is 13.4. The number of carbonyl (C=O) groups is 1. The first-order valence-corrected chi connectivity index (χ1v) is 11.4. The van der Waals surface area contributed by atoms with Crippen molar-refractivity contribution in [3.8, 4) is 0 Å². The first-order chi connectivity index (χ1) is 13.5. The van der Waals surface area contributed by atoms with Gasteiger partial charge in [0.1, 0.15) is 11.0 Å². The molecule has 2 atom stereocenters. The van der Waals surface area contributed by atoms with Crippen molar-refractivity contribution >= 4 is 18.5 Å². The SMILES string of the molecule is COC1CCC2(CC1)Cc1ccc(CCC34CC3C4)cc1C21NC(S)NC1=O. The van der Waals surface area contributed by atoms with E-state index >= 15 is 0 Å². The van der Waals surface area contributed by atoms with E-state index in [-0.39, 0.29) is 16.8 Å². The molecule has 4 aliphatic carbocycles. The van der Waals surface area contributed by atoms with Gasteiger partial charge in [-0.05, 0) is 85.8 Å². The number of thiol groups is 1. The molecule has 3 saturated carbocycles. The van der Waals surface area contributed by atoms with Gasteiger partial charge in [0.15, 0.2) is 0 Å². The Bertz CT molecular complexity index is 841. The van der Waals surface area contributed by atoms with Gasteiger partial charge in [-0.3, -0.25) is 10.1 Å². The van der Waals surface area contributed by atoms with E-state index < -0.39 is 5.54 Å². The van der Waals surface area contributed by atoms with Crippen LogP contribution in [-0.2, 0) is 27.9 Å². The van der Waals surface area contributed by atoms with E-state index in [4.69, 9.17) is 4.74 Å². The van der Waals surface area contributed by atoms with Crippen LogP contribution in [0.3, 0.4) is 0 Å². The van der Waals surface area contributed by atoms with Crippen LogP contribution < -0.4 is 10.6 Å². The third kappa shape index (κ3) is 2.30. The molecule has 1 amide bonds. The molecule has 2 spiro atoms. The lowest BCUT2D eigenvalue weighted by atomic mass is 9.61. The molecule has 1 aliphatic heterocycles. The second kappa shape index (κ2) is 5.77. The maximum atomic E-state index is 13.4. The van der Waals surface area contributed by atoms with Crippen molar-refractivity contribution in [2.75, 3.05) is 7.11 Å². The minimum absolute atomic E-state index is 0.0681. The molecule has 1 heterocycles. The summed E-state index contributed by atoms with van der Waals surface area (Å²) in [5.41, 5.74) is 3.69. The number of fused-ring (bicyclic) bond motifs is 4. The summed E-state index contributed by atoms with van der Waals surface area (Å²) in [6.45, 7) is 0. The Kier molecular flexibility index (Phi) is 3.66. The first kappa shape index (κ1) is 17.8. The third-order valence-corrected chi connectivity index (χ3v) is 9.11. The van der Waals surface area contributed by atoms with Crippen LogP contribution in [0.1, 0.15) is 61.6 Å². The molecule has 5 heteroatoms. The van der Waals surface area contributed by atoms with E-state index in [9.17, 15) is 4.79 Å². The average Bonchev–Trinajstić information content (AvgIpc) is 3.50. The predicted molar refractivity (Wildman–Crippen MR) is 111 cm³/mol. The van der Waals surface area contributed by atoms with Gasteiger partial charge in [-0.2, -0.15) is 0 Å². The fourth-order valence-corrected chi connectivity index (χ4v) is 7.05. The van der Waals surface area contributed by atoms with Gasteiger partial charge in [0.2, 0.25) is 5.91 Å². The Hall–Kier alpha value is -1.04. The number of hydrogen-bond acceptors (Lipinski definition) is 4. The highest BCUT2D eigenvalue weighted by atomic mass is 32.1. The molecule has 0 bridgehead atoms. The molecule has 1 saturated heterocycles. The lowest BCUT2D eigenvalue weighted by Crippen LogP contribution is -2.56. The zero-order valence-electron chi connectivity index (χ0n) is 16.6. The maximum Gasteiger partial charge on any atom is 0.247 e. The van der Waals surface area contributed by atoms with E-state index in [1.807, 2.05) is 7.11 Å². The predicted octanol–water partition coefficient (Wildman–Crippen LogP) is 3.29. The van der Waals surface area contributed by atoms with E-state index in [2.05, 4.69) is 41.5 Å². The molecule has 5 aliphatic rings. The zero-order valence-corrected chi connectivity index (χ0v) is 17.5. The van der Waals surface area contributed by atoms with Crippen LogP contribution in [0.15, 0.2) is 18.2 Å². The minimum Gasteiger partial charge on any atom is -0.381 e. The van der Waals surface area contributed by atoms with Crippen LogP contribution in [0.4, 0.5) is 0 Å². The molecule has 28 heavy (non-hydrogen) atoms. The second-order valence-corrected chi connectivity index (χ2v) is 10.6. The van der Waals surface area contributed by atoms with Crippen molar-refractivity contribution < 1.29 is 9.53 Å². The van der Waals surface area contributed by atoms with Gasteiger partial charge >= 0.3 is 0 Å². The Morgan fingerprint density at radius 2 is 2.00 bits per heavy atom. The zero-order chi connectivity index (χ0) is 19.1. The largest absolute Gasteiger partial charge is 0.381 e. The van der Waals surface area contributed by atoms with Gasteiger partial charge in [-0.1, -0.05) is 18.2 Å². The number of nitrogens with one attached hydrogen (secondary N) is 2. The summed E-state index contributed by atoms with van der Waals surface area (Å²) < 4.78 is 5.63. The minimum atomic E-state index is -0.635. The molecule has 4 fully saturated rings. The van der Waals surface area contributed by atoms with E-state index in [1.165, 1.54) is 36.0 Å². The quantitative estimate of drug-likeness (QED) is 0.682. The molecule has 2 N–H and O–H groups in total. The topological polar surface area (TPSA) is 50.4 Å². The highest BCUT2D eigenvalue weighted by Crippen LogP contribution is 2.77.